The van der Waals surface area contributed by atoms with Crippen molar-refractivity contribution in [3.05, 3.63) is 28.8 Å². The zero-order valence-electron chi connectivity index (χ0n) is 10.3. The molecule has 2 rings (SSSR count). The second-order valence-electron chi connectivity index (χ2n) is 3.90. The first-order valence-corrected chi connectivity index (χ1v) is 6.35. The molecule has 0 spiro atoms. The number of alkyl halides is 1. The molecule has 0 aliphatic heterocycles. The highest BCUT2D eigenvalue weighted by molar-refractivity contribution is 6.29. The molecule has 0 unspecified atom stereocenters. The number of amides is 1. The number of hydrogen-bond donors (Lipinski definition) is 1. The van der Waals surface area contributed by atoms with Crippen molar-refractivity contribution in [1.29, 1.82) is 0 Å². The highest BCUT2D eigenvalue weighted by atomic mass is 35.5. The molecule has 2 aromatic heterocycles. The zero-order valence-corrected chi connectivity index (χ0v) is 11.8. The fourth-order valence-electron chi connectivity index (χ4n) is 1.62. The monoisotopic (exact) mass is 299 g/mol. The van der Waals surface area contributed by atoms with E-state index in [0.29, 0.717) is 5.82 Å². The van der Waals surface area contributed by atoms with Gasteiger partial charge in [-0.05, 0) is 31.5 Å². The first kappa shape index (κ1) is 13.8. The Bertz CT molecular complexity index is 626. The SMILES string of the molecule is Cc1cc(C)n(-c2cc(NC(=O)CCl)nc(Cl)n2)n1. The summed E-state index contributed by atoms with van der Waals surface area (Å²) in [5.74, 6) is 0.246. The van der Waals surface area contributed by atoms with E-state index in [0.717, 1.165) is 11.4 Å². The van der Waals surface area contributed by atoms with Gasteiger partial charge in [-0.15, -0.1) is 11.6 Å². The van der Waals surface area contributed by atoms with Crippen LogP contribution < -0.4 is 5.32 Å². The van der Waals surface area contributed by atoms with Gasteiger partial charge in [-0.1, -0.05) is 0 Å². The number of rotatable bonds is 3. The molecule has 0 atom stereocenters. The molecule has 2 aromatic rings. The fourth-order valence-corrected chi connectivity index (χ4v) is 1.86. The van der Waals surface area contributed by atoms with E-state index in [1.54, 1.807) is 10.7 Å². The summed E-state index contributed by atoms with van der Waals surface area (Å²) < 4.78 is 1.62. The second kappa shape index (κ2) is 5.54. The molecule has 0 radical (unpaired) electrons. The van der Waals surface area contributed by atoms with E-state index in [4.69, 9.17) is 23.2 Å². The maximum atomic E-state index is 11.2. The van der Waals surface area contributed by atoms with Gasteiger partial charge >= 0.3 is 0 Å². The largest absolute Gasteiger partial charge is 0.309 e. The summed E-state index contributed by atoms with van der Waals surface area (Å²) in [6, 6.07) is 3.49. The standard InChI is InChI=1S/C11H11Cl2N5O/c1-6-3-7(2)18(17-6)9-4-8(14-10(19)5-12)15-11(13)16-9/h3-4H,5H2,1-2H3,(H,14,15,16,19). The van der Waals surface area contributed by atoms with Crippen LogP contribution >= 0.6 is 23.2 Å². The van der Waals surface area contributed by atoms with Crippen LogP contribution in [0.15, 0.2) is 12.1 Å². The van der Waals surface area contributed by atoms with Crippen molar-refractivity contribution >= 4 is 34.9 Å². The Morgan fingerprint density at radius 2 is 2.11 bits per heavy atom. The van der Waals surface area contributed by atoms with Gasteiger partial charge < -0.3 is 5.32 Å². The highest BCUT2D eigenvalue weighted by Gasteiger charge is 2.10. The van der Waals surface area contributed by atoms with Gasteiger partial charge in [0.25, 0.3) is 0 Å². The molecule has 2 heterocycles. The van der Waals surface area contributed by atoms with Gasteiger partial charge in [-0.25, -0.2) is 9.67 Å². The Morgan fingerprint density at radius 1 is 1.37 bits per heavy atom. The Balaban J connectivity index is 2.41. The molecule has 1 N–H and O–H groups in total. The van der Waals surface area contributed by atoms with Crippen LogP contribution in [0.2, 0.25) is 5.28 Å². The number of nitrogens with one attached hydrogen (secondary N) is 1. The van der Waals surface area contributed by atoms with Crippen LogP contribution in [0.1, 0.15) is 11.4 Å². The molecule has 100 valence electrons. The van der Waals surface area contributed by atoms with Crippen LogP contribution in [0.4, 0.5) is 5.82 Å². The minimum atomic E-state index is -0.365. The third kappa shape index (κ3) is 3.21. The Morgan fingerprint density at radius 3 is 2.68 bits per heavy atom. The minimum absolute atomic E-state index is 0.0231. The minimum Gasteiger partial charge on any atom is -0.309 e. The average molecular weight is 300 g/mol. The molecular weight excluding hydrogens is 289 g/mol. The van der Waals surface area contributed by atoms with Crippen molar-refractivity contribution in [3.63, 3.8) is 0 Å². The third-order valence-corrected chi connectivity index (χ3v) is 2.71. The summed E-state index contributed by atoms with van der Waals surface area (Å²) in [6.45, 7) is 3.77. The molecule has 8 heteroatoms. The quantitative estimate of drug-likeness (QED) is 0.696. The number of halogens is 2. The number of nitrogens with zero attached hydrogens (tertiary/aromatic N) is 4. The molecule has 0 aliphatic rings. The van der Waals surface area contributed by atoms with Gasteiger partial charge in [0.05, 0.1) is 5.69 Å². The van der Waals surface area contributed by atoms with Gasteiger partial charge in [0, 0.05) is 11.8 Å². The van der Waals surface area contributed by atoms with Gasteiger partial charge in [0.15, 0.2) is 5.82 Å². The van der Waals surface area contributed by atoms with E-state index in [1.165, 1.54) is 0 Å². The molecule has 0 bridgehead atoms. The van der Waals surface area contributed by atoms with Crippen LogP contribution in [-0.2, 0) is 4.79 Å². The molecule has 0 fully saturated rings. The Hall–Kier alpha value is -1.66. The van der Waals surface area contributed by atoms with E-state index in [-0.39, 0.29) is 22.9 Å². The summed E-state index contributed by atoms with van der Waals surface area (Å²) in [7, 11) is 0. The van der Waals surface area contributed by atoms with Crippen molar-refractivity contribution in [3.8, 4) is 5.82 Å². The maximum Gasteiger partial charge on any atom is 0.240 e. The highest BCUT2D eigenvalue weighted by Crippen LogP contribution is 2.16. The number of aromatic nitrogens is 4. The van der Waals surface area contributed by atoms with E-state index in [2.05, 4.69) is 20.4 Å². The van der Waals surface area contributed by atoms with Gasteiger partial charge in [-0.3, -0.25) is 4.79 Å². The molecule has 0 aliphatic carbocycles. The summed E-state index contributed by atoms with van der Waals surface area (Å²) in [5, 5.41) is 6.84. The number of anilines is 1. The first-order chi connectivity index (χ1) is 8.99. The van der Waals surface area contributed by atoms with Crippen molar-refractivity contribution < 1.29 is 4.79 Å². The summed E-state index contributed by atoms with van der Waals surface area (Å²) in [6.07, 6.45) is 0. The Labute approximate surface area is 119 Å². The smallest absolute Gasteiger partial charge is 0.240 e. The molecular formula is C11H11Cl2N5O. The van der Waals surface area contributed by atoms with Gasteiger partial charge in [0.1, 0.15) is 11.7 Å². The van der Waals surface area contributed by atoms with Crippen molar-refractivity contribution in [2.24, 2.45) is 0 Å². The van der Waals surface area contributed by atoms with E-state index < -0.39 is 0 Å². The van der Waals surface area contributed by atoms with E-state index in [1.807, 2.05) is 19.9 Å². The van der Waals surface area contributed by atoms with Crippen LogP contribution in [0.3, 0.4) is 0 Å². The molecule has 0 aromatic carbocycles. The third-order valence-electron chi connectivity index (χ3n) is 2.30. The van der Waals surface area contributed by atoms with E-state index in [9.17, 15) is 4.79 Å². The van der Waals surface area contributed by atoms with Crippen molar-refractivity contribution in [2.75, 3.05) is 11.2 Å². The molecule has 19 heavy (non-hydrogen) atoms. The number of carbonyl (C=O) groups excluding carboxylic acids is 1. The normalized spacial score (nSPS) is 10.5. The van der Waals surface area contributed by atoms with Crippen LogP contribution in [0.25, 0.3) is 5.82 Å². The van der Waals surface area contributed by atoms with Gasteiger partial charge in [-0.2, -0.15) is 10.1 Å². The van der Waals surface area contributed by atoms with Crippen LogP contribution in [0.5, 0.6) is 0 Å². The summed E-state index contributed by atoms with van der Waals surface area (Å²) in [4.78, 5) is 19.2. The lowest BCUT2D eigenvalue weighted by atomic mass is 10.4. The summed E-state index contributed by atoms with van der Waals surface area (Å²) >= 11 is 11.3. The molecule has 1 amide bonds. The lowest BCUT2D eigenvalue weighted by molar-refractivity contribution is -0.113. The topological polar surface area (TPSA) is 72.7 Å². The van der Waals surface area contributed by atoms with Gasteiger partial charge in [0.2, 0.25) is 11.2 Å². The lowest BCUT2D eigenvalue weighted by Gasteiger charge is -2.07. The number of hydrogen-bond acceptors (Lipinski definition) is 4. The van der Waals surface area contributed by atoms with Crippen molar-refractivity contribution in [1.82, 2.24) is 19.7 Å². The predicted molar refractivity (Wildman–Crippen MR) is 73.0 cm³/mol. The average Bonchev–Trinajstić information content (AvgIpc) is 2.67. The summed E-state index contributed by atoms with van der Waals surface area (Å²) in [5.41, 5.74) is 1.76. The number of carbonyl (C=O) groups is 1. The molecule has 0 saturated heterocycles. The first-order valence-electron chi connectivity index (χ1n) is 5.43. The zero-order chi connectivity index (χ0) is 14.0. The van der Waals surface area contributed by atoms with Crippen LogP contribution in [0, 0.1) is 13.8 Å². The second-order valence-corrected chi connectivity index (χ2v) is 4.51. The molecule has 0 saturated carbocycles. The Kier molecular flexibility index (Phi) is 4.01. The molecule has 6 nitrogen and oxygen atoms in total. The maximum absolute atomic E-state index is 11.2. The van der Waals surface area contributed by atoms with Crippen molar-refractivity contribution in [2.45, 2.75) is 13.8 Å². The van der Waals surface area contributed by atoms with Crippen LogP contribution in [-0.4, -0.2) is 31.5 Å². The number of aryl methyl sites for hydroxylation is 2. The lowest BCUT2D eigenvalue weighted by Crippen LogP contribution is -2.15. The fraction of sp³-hybridized carbons (Fsp3) is 0.273. The van der Waals surface area contributed by atoms with E-state index >= 15 is 0 Å². The predicted octanol–water partition coefficient (Wildman–Crippen LogP) is 2.11.